The lowest BCUT2D eigenvalue weighted by Gasteiger charge is -2.34. The molecular weight excluding hydrogens is 288 g/mol. The van der Waals surface area contributed by atoms with E-state index >= 15 is 0 Å². The fourth-order valence-electron chi connectivity index (χ4n) is 2.39. The molecule has 1 aliphatic heterocycles. The molecule has 0 bridgehead atoms. The van der Waals surface area contributed by atoms with E-state index in [1.165, 1.54) is 0 Å². The van der Waals surface area contributed by atoms with E-state index in [0.717, 1.165) is 13.1 Å². The van der Waals surface area contributed by atoms with Crippen molar-refractivity contribution >= 4 is 23.7 Å². The van der Waals surface area contributed by atoms with Gasteiger partial charge in [0, 0.05) is 36.0 Å². The molecule has 1 aliphatic rings. The van der Waals surface area contributed by atoms with Gasteiger partial charge >= 0.3 is 0 Å². The molecule has 0 aromatic carbocycles. The van der Waals surface area contributed by atoms with Crippen molar-refractivity contribution in [3.63, 3.8) is 0 Å². The Hall–Kier alpha value is -1.87. The van der Waals surface area contributed by atoms with Gasteiger partial charge in [-0.3, -0.25) is 5.43 Å². The molecule has 2 aromatic rings. The van der Waals surface area contributed by atoms with E-state index in [1.807, 2.05) is 17.8 Å². The monoisotopic (exact) mass is 306 g/mol. The molecule has 8 nitrogen and oxygen atoms in total. The Bertz CT molecular complexity index is 591. The maximum absolute atomic E-state index is 5.47. The van der Waals surface area contributed by atoms with Crippen LogP contribution in [-0.4, -0.2) is 48.3 Å². The van der Waals surface area contributed by atoms with Gasteiger partial charge in [0.05, 0.1) is 0 Å². The minimum atomic E-state index is 0.337. The quantitative estimate of drug-likeness (QED) is 0.631. The average molecular weight is 306 g/mol. The van der Waals surface area contributed by atoms with Gasteiger partial charge in [0.15, 0.2) is 0 Å². The Morgan fingerprint density at radius 1 is 1.19 bits per heavy atom. The van der Waals surface area contributed by atoms with Crippen LogP contribution in [0.5, 0.6) is 0 Å². The fourth-order valence-corrected chi connectivity index (χ4v) is 3.72. The summed E-state index contributed by atoms with van der Waals surface area (Å²) in [6.07, 6.45) is 3.47. The van der Waals surface area contributed by atoms with Crippen LogP contribution in [0.15, 0.2) is 18.5 Å². The summed E-state index contributed by atoms with van der Waals surface area (Å²) in [7, 11) is 0. The van der Waals surface area contributed by atoms with Crippen LogP contribution < -0.4 is 16.2 Å². The van der Waals surface area contributed by atoms with Crippen LogP contribution in [0.1, 0.15) is 13.8 Å². The van der Waals surface area contributed by atoms with E-state index < -0.39 is 0 Å². The predicted octanol–water partition coefficient (Wildman–Crippen LogP) is 0.673. The van der Waals surface area contributed by atoms with Crippen LogP contribution in [0, 0.1) is 0 Å². The molecule has 1 fully saturated rings. The van der Waals surface area contributed by atoms with Crippen LogP contribution >= 0.6 is 11.8 Å². The Morgan fingerprint density at radius 2 is 1.90 bits per heavy atom. The van der Waals surface area contributed by atoms with Crippen molar-refractivity contribution in [2.24, 2.45) is 5.84 Å². The number of nitrogens with one attached hydrogen (secondary N) is 1. The van der Waals surface area contributed by atoms with Crippen LogP contribution in [-0.2, 0) is 0 Å². The summed E-state index contributed by atoms with van der Waals surface area (Å²) in [6.45, 7) is 6.24. The third kappa shape index (κ3) is 3.08. The van der Waals surface area contributed by atoms with E-state index in [0.29, 0.717) is 28.3 Å². The molecule has 0 radical (unpaired) electrons. The number of thioether (sulfide) groups is 1. The first-order valence-electron chi connectivity index (χ1n) is 6.79. The van der Waals surface area contributed by atoms with E-state index in [9.17, 15) is 0 Å². The summed E-state index contributed by atoms with van der Waals surface area (Å²) in [5.41, 5.74) is 2.50. The SMILES string of the molecule is CC1CN(c2nc(NN)nc(-n3cccn3)n2)CC(C)S1. The lowest BCUT2D eigenvalue weighted by molar-refractivity contribution is 0.694. The molecule has 0 aliphatic carbocycles. The van der Waals surface area contributed by atoms with Crippen molar-refractivity contribution in [2.45, 2.75) is 24.3 Å². The molecule has 3 N–H and O–H groups in total. The lowest BCUT2D eigenvalue weighted by Crippen LogP contribution is -2.41. The van der Waals surface area contributed by atoms with Gasteiger partial charge in [0.2, 0.25) is 11.9 Å². The van der Waals surface area contributed by atoms with E-state index in [4.69, 9.17) is 5.84 Å². The van der Waals surface area contributed by atoms with E-state index in [2.05, 4.69) is 44.2 Å². The van der Waals surface area contributed by atoms with Crippen LogP contribution in [0.3, 0.4) is 0 Å². The van der Waals surface area contributed by atoms with Crippen LogP contribution in [0.2, 0.25) is 0 Å². The fraction of sp³-hybridized carbons (Fsp3) is 0.500. The Labute approximate surface area is 127 Å². The van der Waals surface area contributed by atoms with E-state index in [-0.39, 0.29) is 0 Å². The standard InChI is InChI=1S/C12H18N8S/c1-8-6-19(7-9(2)21-8)11-15-10(18-13)16-12(17-11)20-5-3-4-14-20/h3-5,8-9H,6-7,13H2,1-2H3,(H,15,16,17,18). The zero-order valence-corrected chi connectivity index (χ0v) is 12.8. The highest BCUT2D eigenvalue weighted by molar-refractivity contribution is 8.00. The largest absolute Gasteiger partial charge is 0.338 e. The van der Waals surface area contributed by atoms with Crippen molar-refractivity contribution in [1.82, 2.24) is 24.7 Å². The first-order chi connectivity index (χ1) is 10.2. The number of nitrogens with two attached hydrogens (primary N) is 1. The summed E-state index contributed by atoms with van der Waals surface area (Å²) in [5.74, 6) is 6.89. The normalized spacial score (nSPS) is 22.3. The smallest absolute Gasteiger partial charge is 0.257 e. The van der Waals surface area contributed by atoms with Gasteiger partial charge in [0.25, 0.3) is 5.95 Å². The van der Waals surface area contributed by atoms with E-state index in [1.54, 1.807) is 17.1 Å². The van der Waals surface area contributed by atoms with Crippen molar-refractivity contribution < 1.29 is 0 Å². The Morgan fingerprint density at radius 3 is 2.52 bits per heavy atom. The highest BCUT2D eigenvalue weighted by Gasteiger charge is 2.25. The lowest BCUT2D eigenvalue weighted by atomic mass is 10.3. The summed E-state index contributed by atoms with van der Waals surface area (Å²) in [6, 6.07) is 1.82. The number of hydrogen-bond acceptors (Lipinski definition) is 8. The molecule has 0 amide bonds. The van der Waals surface area contributed by atoms with Gasteiger partial charge in [-0.25, -0.2) is 10.5 Å². The number of nitrogen functional groups attached to an aromatic ring is 1. The van der Waals surface area contributed by atoms with Crippen molar-refractivity contribution in [3.8, 4) is 5.95 Å². The minimum absolute atomic E-state index is 0.337. The molecule has 1 saturated heterocycles. The Balaban J connectivity index is 1.96. The molecule has 3 heterocycles. The number of rotatable bonds is 3. The second-order valence-corrected chi connectivity index (χ2v) is 6.90. The number of hydrogen-bond donors (Lipinski definition) is 2. The molecule has 2 unspecified atom stereocenters. The molecule has 9 heteroatoms. The first kappa shape index (κ1) is 14.1. The van der Waals surface area contributed by atoms with Gasteiger partial charge in [0.1, 0.15) is 0 Å². The molecular formula is C12H18N8S. The summed E-state index contributed by atoms with van der Waals surface area (Å²) < 4.78 is 1.59. The minimum Gasteiger partial charge on any atom is -0.338 e. The third-order valence-electron chi connectivity index (χ3n) is 3.15. The maximum Gasteiger partial charge on any atom is 0.257 e. The topological polar surface area (TPSA) is 97.8 Å². The summed E-state index contributed by atoms with van der Waals surface area (Å²) in [4.78, 5) is 15.3. The number of aromatic nitrogens is 5. The third-order valence-corrected chi connectivity index (χ3v) is 4.38. The van der Waals surface area contributed by atoms with Crippen molar-refractivity contribution in [3.05, 3.63) is 18.5 Å². The van der Waals surface area contributed by atoms with Crippen molar-refractivity contribution in [2.75, 3.05) is 23.4 Å². The molecule has 2 aromatic heterocycles. The predicted molar refractivity (Wildman–Crippen MR) is 83.5 cm³/mol. The number of nitrogens with zero attached hydrogens (tertiary/aromatic N) is 6. The molecule has 21 heavy (non-hydrogen) atoms. The second kappa shape index (κ2) is 5.86. The molecule has 0 saturated carbocycles. The summed E-state index contributed by atoms with van der Waals surface area (Å²) >= 11 is 1.98. The van der Waals surface area contributed by atoms with Crippen molar-refractivity contribution in [1.29, 1.82) is 0 Å². The van der Waals surface area contributed by atoms with Gasteiger partial charge in [-0.05, 0) is 6.07 Å². The van der Waals surface area contributed by atoms with Gasteiger partial charge < -0.3 is 4.90 Å². The van der Waals surface area contributed by atoms with Crippen LogP contribution in [0.25, 0.3) is 5.95 Å². The maximum atomic E-state index is 5.47. The zero-order valence-electron chi connectivity index (χ0n) is 12.0. The highest BCUT2D eigenvalue weighted by atomic mass is 32.2. The van der Waals surface area contributed by atoms with Crippen LogP contribution in [0.4, 0.5) is 11.9 Å². The van der Waals surface area contributed by atoms with Gasteiger partial charge in [-0.1, -0.05) is 13.8 Å². The summed E-state index contributed by atoms with van der Waals surface area (Å²) in [5, 5.41) is 5.22. The first-order valence-corrected chi connectivity index (χ1v) is 7.73. The highest BCUT2D eigenvalue weighted by Crippen LogP contribution is 2.27. The molecule has 3 rings (SSSR count). The Kier molecular flexibility index (Phi) is 3.93. The number of anilines is 2. The van der Waals surface area contributed by atoms with Gasteiger partial charge in [-0.15, -0.1) is 0 Å². The van der Waals surface area contributed by atoms with Gasteiger partial charge in [-0.2, -0.15) is 31.8 Å². The molecule has 0 spiro atoms. The zero-order chi connectivity index (χ0) is 14.8. The molecule has 112 valence electrons. The second-order valence-electron chi connectivity index (χ2n) is 5.02. The average Bonchev–Trinajstić information content (AvgIpc) is 3.00. The number of hydrazine groups is 1. The molecule has 2 atom stereocenters.